The Balaban J connectivity index is 1.70. The highest BCUT2D eigenvalue weighted by Gasteiger charge is 2.38. The molecule has 1 aliphatic carbocycles. The molecule has 4 rings (SSSR count). The number of benzene rings is 2. The first-order valence-electron chi connectivity index (χ1n) is 9.45. The van der Waals surface area contributed by atoms with Crippen LogP contribution in [0.3, 0.4) is 0 Å². The maximum absolute atomic E-state index is 4.99. The summed E-state index contributed by atoms with van der Waals surface area (Å²) in [6.45, 7) is 6.81. The Kier molecular flexibility index (Phi) is 3.94. The van der Waals surface area contributed by atoms with Crippen molar-refractivity contribution >= 4 is 5.71 Å². The van der Waals surface area contributed by atoms with Gasteiger partial charge < -0.3 is 0 Å². The van der Waals surface area contributed by atoms with Gasteiger partial charge in [0.15, 0.2) is 0 Å². The van der Waals surface area contributed by atoms with Gasteiger partial charge in [-0.15, -0.1) is 0 Å². The van der Waals surface area contributed by atoms with Crippen LogP contribution in [-0.4, -0.2) is 17.8 Å². The maximum Gasteiger partial charge on any atom is 0.0801 e. The molecule has 2 aromatic rings. The van der Waals surface area contributed by atoms with E-state index < -0.39 is 0 Å². The summed E-state index contributed by atoms with van der Waals surface area (Å²) in [6, 6.07) is 18.4. The average molecular weight is 332 g/mol. The van der Waals surface area contributed by atoms with Gasteiger partial charge in [-0.1, -0.05) is 69.3 Å². The highest BCUT2D eigenvalue weighted by Crippen LogP contribution is 2.42. The molecular weight excluding hydrogens is 304 g/mol. The third-order valence-electron chi connectivity index (χ3n) is 5.77. The van der Waals surface area contributed by atoms with Gasteiger partial charge in [-0.05, 0) is 41.4 Å². The number of hydrazone groups is 1. The normalized spacial score (nSPS) is 22.9. The van der Waals surface area contributed by atoms with Crippen LogP contribution in [0.15, 0.2) is 53.6 Å². The van der Waals surface area contributed by atoms with Gasteiger partial charge in [0.2, 0.25) is 0 Å². The lowest BCUT2D eigenvalue weighted by atomic mass is 9.83. The van der Waals surface area contributed by atoms with E-state index in [0.29, 0.717) is 12.0 Å². The van der Waals surface area contributed by atoms with Gasteiger partial charge in [-0.2, -0.15) is 5.10 Å². The summed E-state index contributed by atoms with van der Waals surface area (Å²) < 4.78 is 0. The van der Waals surface area contributed by atoms with E-state index in [1.807, 2.05) is 0 Å². The maximum atomic E-state index is 4.99. The summed E-state index contributed by atoms with van der Waals surface area (Å²) in [7, 11) is 2.13. The molecule has 130 valence electrons. The SMILES string of the molecule is CN1N=C2c3ccccc3CCC[C@@H]2[C@H]1c1ccc(C(C)(C)C)cc1. The standard InChI is InChI=1S/C23H28N2/c1-23(2,3)18-14-12-17(13-15-18)22-20-11-7-9-16-8-5-6-10-19(16)21(20)24-25(22)4/h5-6,8,10,12-15,20,22H,7,9,11H2,1-4H3/t20-,22+/m0/s1. The van der Waals surface area contributed by atoms with Crippen LogP contribution in [0.25, 0.3) is 0 Å². The number of nitrogens with zero attached hydrogens (tertiary/aromatic N) is 2. The largest absolute Gasteiger partial charge is 0.292 e. The van der Waals surface area contributed by atoms with Crippen LogP contribution in [0.1, 0.15) is 61.9 Å². The van der Waals surface area contributed by atoms with Crippen LogP contribution >= 0.6 is 0 Å². The minimum absolute atomic E-state index is 0.197. The van der Waals surface area contributed by atoms with Crippen molar-refractivity contribution in [3.8, 4) is 0 Å². The van der Waals surface area contributed by atoms with Gasteiger partial charge in [0.25, 0.3) is 0 Å². The lowest BCUT2D eigenvalue weighted by molar-refractivity contribution is 0.243. The number of hydrogen-bond donors (Lipinski definition) is 0. The monoisotopic (exact) mass is 332 g/mol. The molecule has 0 aromatic heterocycles. The summed E-state index contributed by atoms with van der Waals surface area (Å²) in [6.07, 6.45) is 3.62. The van der Waals surface area contributed by atoms with Gasteiger partial charge in [-0.3, -0.25) is 5.01 Å². The van der Waals surface area contributed by atoms with E-state index in [0.717, 1.165) is 0 Å². The summed E-state index contributed by atoms with van der Waals surface area (Å²) in [5, 5.41) is 7.18. The molecule has 0 N–H and O–H groups in total. The fourth-order valence-corrected chi connectivity index (χ4v) is 4.39. The molecule has 0 saturated heterocycles. The lowest BCUT2D eigenvalue weighted by Gasteiger charge is -2.26. The molecule has 1 aliphatic heterocycles. The molecule has 0 fully saturated rings. The molecule has 0 spiro atoms. The van der Waals surface area contributed by atoms with E-state index in [2.05, 4.69) is 81.4 Å². The van der Waals surface area contributed by atoms with Crippen molar-refractivity contribution in [3.05, 3.63) is 70.8 Å². The Labute approximate surface area is 151 Å². The lowest BCUT2D eigenvalue weighted by Crippen LogP contribution is -2.23. The van der Waals surface area contributed by atoms with Crippen molar-refractivity contribution < 1.29 is 0 Å². The summed E-state index contributed by atoms with van der Waals surface area (Å²) >= 11 is 0. The zero-order valence-electron chi connectivity index (χ0n) is 15.8. The third-order valence-corrected chi connectivity index (χ3v) is 5.77. The zero-order chi connectivity index (χ0) is 17.6. The fourth-order valence-electron chi connectivity index (χ4n) is 4.39. The van der Waals surface area contributed by atoms with Gasteiger partial charge in [0, 0.05) is 18.5 Å². The number of rotatable bonds is 1. The second kappa shape index (κ2) is 6.01. The quantitative estimate of drug-likeness (QED) is 0.689. The predicted octanol–water partition coefficient (Wildman–Crippen LogP) is 5.33. The Morgan fingerprint density at radius 1 is 1.00 bits per heavy atom. The predicted molar refractivity (Wildman–Crippen MR) is 105 cm³/mol. The Morgan fingerprint density at radius 3 is 2.44 bits per heavy atom. The first-order valence-corrected chi connectivity index (χ1v) is 9.45. The third kappa shape index (κ3) is 2.88. The van der Waals surface area contributed by atoms with Crippen molar-refractivity contribution in [2.45, 2.75) is 51.5 Å². The summed E-state index contributed by atoms with van der Waals surface area (Å²) in [5.41, 5.74) is 7.10. The molecule has 0 radical (unpaired) electrons. The average Bonchev–Trinajstić information content (AvgIpc) is 2.80. The number of aryl methyl sites for hydroxylation is 1. The van der Waals surface area contributed by atoms with Gasteiger partial charge in [-0.25, -0.2) is 0 Å². The summed E-state index contributed by atoms with van der Waals surface area (Å²) in [5.74, 6) is 0.495. The van der Waals surface area contributed by atoms with Gasteiger partial charge in [0.1, 0.15) is 0 Å². The molecule has 0 saturated carbocycles. The Bertz CT molecular complexity index is 796. The van der Waals surface area contributed by atoms with Crippen LogP contribution in [-0.2, 0) is 11.8 Å². The molecular formula is C23H28N2. The molecule has 2 atom stereocenters. The molecule has 2 heteroatoms. The van der Waals surface area contributed by atoms with Gasteiger partial charge >= 0.3 is 0 Å². The first-order chi connectivity index (χ1) is 11.9. The minimum atomic E-state index is 0.197. The van der Waals surface area contributed by atoms with E-state index >= 15 is 0 Å². The summed E-state index contributed by atoms with van der Waals surface area (Å²) in [4.78, 5) is 0. The molecule has 25 heavy (non-hydrogen) atoms. The molecule has 2 aliphatic rings. The topological polar surface area (TPSA) is 15.6 Å². The second-order valence-corrected chi connectivity index (χ2v) is 8.53. The van der Waals surface area contributed by atoms with E-state index in [-0.39, 0.29) is 5.41 Å². The molecule has 0 bridgehead atoms. The van der Waals surface area contributed by atoms with Gasteiger partial charge in [0.05, 0.1) is 11.8 Å². The van der Waals surface area contributed by atoms with Crippen LogP contribution < -0.4 is 0 Å². The molecule has 0 amide bonds. The second-order valence-electron chi connectivity index (χ2n) is 8.53. The smallest absolute Gasteiger partial charge is 0.0801 e. The first kappa shape index (κ1) is 16.4. The van der Waals surface area contributed by atoms with Crippen molar-refractivity contribution in [3.63, 3.8) is 0 Å². The van der Waals surface area contributed by atoms with Crippen molar-refractivity contribution in [2.75, 3.05) is 7.05 Å². The fraction of sp³-hybridized carbons (Fsp3) is 0.435. The number of fused-ring (bicyclic) bond motifs is 3. The van der Waals surface area contributed by atoms with Crippen LogP contribution in [0.2, 0.25) is 0 Å². The molecule has 0 unspecified atom stereocenters. The molecule has 1 heterocycles. The van der Waals surface area contributed by atoms with E-state index in [4.69, 9.17) is 5.10 Å². The van der Waals surface area contributed by atoms with Crippen molar-refractivity contribution in [2.24, 2.45) is 11.0 Å². The molecule has 2 nitrogen and oxygen atoms in total. The van der Waals surface area contributed by atoms with E-state index in [1.165, 1.54) is 47.2 Å². The van der Waals surface area contributed by atoms with E-state index in [9.17, 15) is 0 Å². The molecule has 2 aromatic carbocycles. The van der Waals surface area contributed by atoms with Crippen molar-refractivity contribution in [1.29, 1.82) is 0 Å². The minimum Gasteiger partial charge on any atom is -0.292 e. The van der Waals surface area contributed by atoms with Crippen molar-refractivity contribution in [1.82, 2.24) is 5.01 Å². The Morgan fingerprint density at radius 2 is 1.72 bits per heavy atom. The Hall–Kier alpha value is -2.09. The highest BCUT2D eigenvalue weighted by atomic mass is 15.5. The highest BCUT2D eigenvalue weighted by molar-refractivity contribution is 6.05. The van der Waals surface area contributed by atoms with Crippen LogP contribution in [0.5, 0.6) is 0 Å². The van der Waals surface area contributed by atoms with E-state index in [1.54, 1.807) is 0 Å². The van der Waals surface area contributed by atoms with Crippen LogP contribution in [0.4, 0.5) is 0 Å². The zero-order valence-corrected chi connectivity index (χ0v) is 15.8. The number of hydrogen-bond acceptors (Lipinski definition) is 2. The van der Waals surface area contributed by atoms with Crippen LogP contribution in [0, 0.1) is 5.92 Å².